The number of carbonyl (C=O) groups excluding carboxylic acids is 1. The fourth-order valence-electron chi connectivity index (χ4n) is 2.67. The number of rotatable bonds is 5. The lowest BCUT2D eigenvalue weighted by Gasteiger charge is -2.30. The molecule has 1 aliphatic heterocycles. The molecule has 1 saturated heterocycles. The lowest BCUT2D eigenvalue weighted by molar-refractivity contribution is 0.00412. The highest BCUT2D eigenvalue weighted by Crippen LogP contribution is 2.13. The van der Waals surface area contributed by atoms with Gasteiger partial charge in [0.15, 0.2) is 0 Å². The number of benzene rings is 1. The van der Waals surface area contributed by atoms with Crippen LogP contribution in [0.5, 0.6) is 0 Å². The smallest absolute Gasteiger partial charge is 0.254 e. The highest BCUT2D eigenvalue weighted by molar-refractivity contribution is 5.94. The molecule has 5 heteroatoms. The summed E-state index contributed by atoms with van der Waals surface area (Å²) in [6.07, 6.45) is 1.64. The van der Waals surface area contributed by atoms with Crippen LogP contribution in [0.3, 0.4) is 0 Å². The van der Waals surface area contributed by atoms with Gasteiger partial charge in [-0.1, -0.05) is 17.7 Å². The number of nitrogens with one attached hydrogen (secondary N) is 1. The van der Waals surface area contributed by atoms with Crippen LogP contribution >= 0.6 is 0 Å². The summed E-state index contributed by atoms with van der Waals surface area (Å²) in [6.45, 7) is 5.30. The molecule has 23 heavy (non-hydrogen) atoms. The van der Waals surface area contributed by atoms with E-state index in [9.17, 15) is 4.79 Å². The molecule has 5 nitrogen and oxygen atoms in total. The molecule has 0 radical (unpaired) electrons. The molecular weight excluding hydrogens is 292 g/mol. The van der Waals surface area contributed by atoms with Crippen LogP contribution in [0.15, 0.2) is 47.1 Å². The molecule has 1 amide bonds. The van der Waals surface area contributed by atoms with Gasteiger partial charge in [0.05, 0.1) is 25.5 Å². The maximum absolute atomic E-state index is 12.9. The minimum atomic E-state index is -0.00410. The Morgan fingerprint density at radius 2 is 2.13 bits per heavy atom. The molecule has 0 spiro atoms. The van der Waals surface area contributed by atoms with Crippen molar-refractivity contribution in [2.24, 2.45) is 0 Å². The quantitative estimate of drug-likeness (QED) is 0.919. The summed E-state index contributed by atoms with van der Waals surface area (Å²) in [4.78, 5) is 14.7. The van der Waals surface area contributed by atoms with Crippen LogP contribution in [-0.2, 0) is 11.3 Å². The van der Waals surface area contributed by atoms with E-state index in [0.29, 0.717) is 25.3 Å². The molecule has 1 aromatic carbocycles. The molecule has 1 aromatic heterocycles. The van der Waals surface area contributed by atoms with Crippen LogP contribution in [0.25, 0.3) is 0 Å². The molecule has 0 bridgehead atoms. The van der Waals surface area contributed by atoms with E-state index in [0.717, 1.165) is 24.4 Å². The number of morpholine rings is 1. The van der Waals surface area contributed by atoms with E-state index in [2.05, 4.69) is 5.32 Å². The number of amides is 1. The Balaban J connectivity index is 1.75. The number of aryl methyl sites for hydroxylation is 1. The summed E-state index contributed by atoms with van der Waals surface area (Å²) in [7, 11) is 0. The third-order valence-corrected chi connectivity index (χ3v) is 3.94. The van der Waals surface area contributed by atoms with Gasteiger partial charge in [0.1, 0.15) is 5.76 Å². The number of hydrogen-bond donors (Lipinski definition) is 1. The van der Waals surface area contributed by atoms with Gasteiger partial charge in [0.25, 0.3) is 5.91 Å². The zero-order valence-corrected chi connectivity index (χ0v) is 13.3. The Labute approximate surface area is 136 Å². The van der Waals surface area contributed by atoms with Crippen molar-refractivity contribution >= 4 is 5.91 Å². The third kappa shape index (κ3) is 4.21. The topological polar surface area (TPSA) is 54.7 Å². The second-order valence-corrected chi connectivity index (χ2v) is 5.83. The SMILES string of the molecule is Cc1ccc(C(=O)N(Cc2ccco2)CC2CNCCO2)cc1. The van der Waals surface area contributed by atoms with Gasteiger partial charge < -0.3 is 19.4 Å². The largest absolute Gasteiger partial charge is 0.467 e. The Morgan fingerprint density at radius 1 is 1.30 bits per heavy atom. The summed E-state index contributed by atoms with van der Waals surface area (Å²) < 4.78 is 11.2. The zero-order chi connectivity index (χ0) is 16.1. The predicted molar refractivity (Wildman–Crippen MR) is 87.2 cm³/mol. The van der Waals surface area contributed by atoms with E-state index in [1.165, 1.54) is 0 Å². The highest BCUT2D eigenvalue weighted by atomic mass is 16.5. The van der Waals surface area contributed by atoms with Gasteiger partial charge in [0, 0.05) is 25.2 Å². The number of furan rings is 1. The number of nitrogens with zero attached hydrogens (tertiary/aromatic N) is 1. The molecule has 122 valence electrons. The van der Waals surface area contributed by atoms with Crippen molar-refractivity contribution in [2.75, 3.05) is 26.2 Å². The van der Waals surface area contributed by atoms with Crippen LogP contribution in [-0.4, -0.2) is 43.2 Å². The van der Waals surface area contributed by atoms with Gasteiger partial charge in [-0.05, 0) is 31.2 Å². The van der Waals surface area contributed by atoms with Crippen molar-refractivity contribution in [1.29, 1.82) is 0 Å². The highest BCUT2D eigenvalue weighted by Gasteiger charge is 2.23. The van der Waals surface area contributed by atoms with E-state index < -0.39 is 0 Å². The Bertz CT molecular complexity index is 616. The standard InChI is InChI=1S/C18H22N2O3/c1-14-4-6-15(7-5-14)18(21)20(12-16-3-2-9-22-16)13-17-11-19-8-10-23-17/h2-7,9,17,19H,8,10-13H2,1H3. The summed E-state index contributed by atoms with van der Waals surface area (Å²) in [5.41, 5.74) is 1.82. The predicted octanol–water partition coefficient (Wildman–Crippen LogP) is 2.22. The molecule has 2 aromatic rings. The fourth-order valence-corrected chi connectivity index (χ4v) is 2.67. The molecule has 0 aliphatic carbocycles. The van der Waals surface area contributed by atoms with Gasteiger partial charge in [0.2, 0.25) is 0 Å². The first-order valence-electron chi connectivity index (χ1n) is 7.93. The summed E-state index contributed by atoms with van der Waals surface area (Å²) in [5.74, 6) is 0.768. The lowest BCUT2D eigenvalue weighted by Crippen LogP contribution is -2.46. The van der Waals surface area contributed by atoms with Crippen molar-refractivity contribution in [2.45, 2.75) is 19.6 Å². The van der Waals surface area contributed by atoms with E-state index in [1.54, 1.807) is 11.2 Å². The van der Waals surface area contributed by atoms with Crippen LogP contribution in [0.4, 0.5) is 0 Å². The molecule has 1 aliphatic rings. The zero-order valence-electron chi connectivity index (χ0n) is 13.3. The molecular formula is C18H22N2O3. The summed E-state index contributed by atoms with van der Waals surface area (Å²) in [5, 5.41) is 3.30. The number of carbonyl (C=O) groups is 1. The van der Waals surface area contributed by atoms with Crippen LogP contribution in [0.2, 0.25) is 0 Å². The lowest BCUT2D eigenvalue weighted by atomic mass is 10.1. The first kappa shape index (κ1) is 15.8. The monoisotopic (exact) mass is 314 g/mol. The van der Waals surface area contributed by atoms with Crippen molar-refractivity contribution in [3.8, 4) is 0 Å². The molecule has 1 N–H and O–H groups in total. The Kier molecular flexibility index (Phi) is 5.10. The average molecular weight is 314 g/mol. The molecule has 2 heterocycles. The van der Waals surface area contributed by atoms with Crippen LogP contribution in [0.1, 0.15) is 21.7 Å². The normalized spacial score (nSPS) is 17.9. The fraction of sp³-hybridized carbons (Fsp3) is 0.389. The average Bonchev–Trinajstić information content (AvgIpc) is 3.08. The maximum Gasteiger partial charge on any atom is 0.254 e. The van der Waals surface area contributed by atoms with E-state index in [-0.39, 0.29) is 12.0 Å². The van der Waals surface area contributed by atoms with Gasteiger partial charge in [-0.2, -0.15) is 0 Å². The third-order valence-electron chi connectivity index (χ3n) is 3.94. The molecule has 1 atom stereocenters. The first-order valence-corrected chi connectivity index (χ1v) is 7.93. The summed E-state index contributed by atoms with van der Waals surface area (Å²) in [6, 6.07) is 11.4. The van der Waals surface area contributed by atoms with Crippen LogP contribution < -0.4 is 5.32 Å². The minimum Gasteiger partial charge on any atom is -0.467 e. The van der Waals surface area contributed by atoms with Gasteiger partial charge in [-0.25, -0.2) is 0 Å². The Hall–Kier alpha value is -2.11. The summed E-state index contributed by atoms with van der Waals surface area (Å²) >= 11 is 0. The van der Waals surface area contributed by atoms with E-state index >= 15 is 0 Å². The second-order valence-electron chi connectivity index (χ2n) is 5.83. The number of hydrogen-bond acceptors (Lipinski definition) is 4. The van der Waals surface area contributed by atoms with Gasteiger partial charge in [-0.15, -0.1) is 0 Å². The first-order chi connectivity index (χ1) is 11.2. The molecule has 0 saturated carbocycles. The number of ether oxygens (including phenoxy) is 1. The second kappa shape index (κ2) is 7.44. The molecule has 3 rings (SSSR count). The van der Waals surface area contributed by atoms with Crippen molar-refractivity contribution in [1.82, 2.24) is 10.2 Å². The van der Waals surface area contributed by atoms with Gasteiger partial charge >= 0.3 is 0 Å². The van der Waals surface area contributed by atoms with E-state index in [4.69, 9.17) is 9.15 Å². The minimum absolute atomic E-state index is 0.00410. The Morgan fingerprint density at radius 3 is 2.78 bits per heavy atom. The molecule has 1 unspecified atom stereocenters. The van der Waals surface area contributed by atoms with E-state index in [1.807, 2.05) is 43.3 Å². The van der Waals surface area contributed by atoms with Gasteiger partial charge in [-0.3, -0.25) is 4.79 Å². The van der Waals surface area contributed by atoms with Crippen molar-refractivity contribution in [3.63, 3.8) is 0 Å². The van der Waals surface area contributed by atoms with Crippen molar-refractivity contribution in [3.05, 3.63) is 59.5 Å². The molecule has 1 fully saturated rings. The van der Waals surface area contributed by atoms with Crippen molar-refractivity contribution < 1.29 is 13.9 Å². The maximum atomic E-state index is 12.9. The van der Waals surface area contributed by atoms with Crippen LogP contribution in [0, 0.1) is 6.92 Å².